The van der Waals surface area contributed by atoms with Crippen molar-refractivity contribution in [3.63, 3.8) is 0 Å². The van der Waals surface area contributed by atoms with E-state index >= 15 is 0 Å². The lowest BCUT2D eigenvalue weighted by Crippen LogP contribution is -2.30. The SMILES string of the molecule is CCCCSc1nc2n(n1)C(c1ccc(OC(C)C)cc1)C(C(=O)OC(C)C)=C(C)N2. The number of aromatic nitrogens is 3. The molecule has 168 valence electrons. The lowest BCUT2D eigenvalue weighted by molar-refractivity contribution is -0.143. The number of hydrogen-bond acceptors (Lipinski definition) is 7. The van der Waals surface area contributed by atoms with Crippen molar-refractivity contribution in [2.45, 2.75) is 77.8 Å². The van der Waals surface area contributed by atoms with E-state index in [1.165, 1.54) is 0 Å². The molecular formula is C23H32N4O3S. The highest BCUT2D eigenvalue weighted by atomic mass is 32.2. The van der Waals surface area contributed by atoms with Gasteiger partial charge in [-0.15, -0.1) is 5.10 Å². The molecule has 0 saturated carbocycles. The van der Waals surface area contributed by atoms with Crippen molar-refractivity contribution < 1.29 is 14.3 Å². The minimum atomic E-state index is -0.427. The van der Waals surface area contributed by atoms with E-state index in [0.717, 1.165) is 35.6 Å². The molecular weight excluding hydrogens is 412 g/mol. The van der Waals surface area contributed by atoms with Crippen molar-refractivity contribution in [2.24, 2.45) is 0 Å². The molecule has 8 heteroatoms. The number of nitrogens with one attached hydrogen (secondary N) is 1. The molecule has 0 aliphatic carbocycles. The van der Waals surface area contributed by atoms with Gasteiger partial charge in [0.05, 0.1) is 17.8 Å². The molecule has 0 bridgehead atoms. The third kappa shape index (κ3) is 5.61. The molecule has 0 spiro atoms. The summed E-state index contributed by atoms with van der Waals surface area (Å²) in [6, 6.07) is 7.36. The molecule has 0 amide bonds. The van der Waals surface area contributed by atoms with E-state index in [2.05, 4.69) is 17.2 Å². The van der Waals surface area contributed by atoms with Gasteiger partial charge >= 0.3 is 5.97 Å². The fraction of sp³-hybridized carbons (Fsp3) is 0.522. The predicted octanol–water partition coefficient (Wildman–Crippen LogP) is 5.20. The Balaban J connectivity index is 2.00. The van der Waals surface area contributed by atoms with Crippen molar-refractivity contribution in [1.82, 2.24) is 14.8 Å². The van der Waals surface area contributed by atoms with E-state index < -0.39 is 6.04 Å². The Morgan fingerprint density at radius 3 is 2.52 bits per heavy atom. The van der Waals surface area contributed by atoms with Gasteiger partial charge < -0.3 is 14.8 Å². The molecule has 2 heterocycles. The minimum absolute atomic E-state index is 0.0908. The topological polar surface area (TPSA) is 78.3 Å². The molecule has 1 aliphatic rings. The number of benzene rings is 1. The first-order valence-corrected chi connectivity index (χ1v) is 11.8. The highest BCUT2D eigenvalue weighted by molar-refractivity contribution is 7.99. The van der Waals surface area contributed by atoms with Gasteiger partial charge in [-0.25, -0.2) is 9.48 Å². The smallest absolute Gasteiger partial charge is 0.338 e. The van der Waals surface area contributed by atoms with Crippen LogP contribution in [0.5, 0.6) is 5.75 Å². The molecule has 1 aliphatic heterocycles. The van der Waals surface area contributed by atoms with Crippen molar-refractivity contribution in [1.29, 1.82) is 0 Å². The highest BCUT2D eigenvalue weighted by Gasteiger charge is 2.35. The number of carbonyl (C=O) groups is 1. The zero-order valence-corrected chi connectivity index (χ0v) is 20.0. The van der Waals surface area contributed by atoms with Gasteiger partial charge in [0.25, 0.3) is 0 Å². The average Bonchev–Trinajstić information content (AvgIpc) is 3.09. The number of anilines is 1. The van der Waals surface area contributed by atoms with E-state index in [1.807, 2.05) is 58.9 Å². The molecule has 0 radical (unpaired) electrons. The van der Waals surface area contributed by atoms with E-state index in [9.17, 15) is 4.79 Å². The van der Waals surface area contributed by atoms with Gasteiger partial charge in [0.1, 0.15) is 11.8 Å². The first-order valence-electron chi connectivity index (χ1n) is 10.8. The monoisotopic (exact) mass is 444 g/mol. The van der Waals surface area contributed by atoms with Gasteiger partial charge in [0, 0.05) is 11.4 Å². The van der Waals surface area contributed by atoms with Crippen LogP contribution in [-0.2, 0) is 9.53 Å². The third-order valence-corrected chi connectivity index (χ3v) is 5.62. The fourth-order valence-corrected chi connectivity index (χ4v) is 4.26. The largest absolute Gasteiger partial charge is 0.491 e. The van der Waals surface area contributed by atoms with Crippen LogP contribution in [0, 0.1) is 0 Å². The van der Waals surface area contributed by atoms with Gasteiger partial charge in [-0.05, 0) is 58.7 Å². The Labute approximate surface area is 188 Å². The summed E-state index contributed by atoms with van der Waals surface area (Å²) in [5.41, 5.74) is 2.18. The molecule has 0 fully saturated rings. The third-order valence-electron chi connectivity index (χ3n) is 4.69. The van der Waals surface area contributed by atoms with Gasteiger partial charge in [0.2, 0.25) is 11.1 Å². The van der Waals surface area contributed by atoms with Crippen molar-refractivity contribution in [2.75, 3.05) is 11.1 Å². The van der Waals surface area contributed by atoms with E-state index in [0.29, 0.717) is 16.7 Å². The quantitative estimate of drug-likeness (QED) is 0.324. The maximum atomic E-state index is 13.0. The molecule has 1 unspecified atom stereocenters. The van der Waals surface area contributed by atoms with Crippen LogP contribution in [0.15, 0.2) is 40.7 Å². The second-order valence-electron chi connectivity index (χ2n) is 8.12. The molecule has 1 N–H and O–H groups in total. The highest BCUT2D eigenvalue weighted by Crippen LogP contribution is 2.37. The molecule has 1 aromatic carbocycles. The summed E-state index contributed by atoms with van der Waals surface area (Å²) in [6.45, 7) is 11.7. The van der Waals surface area contributed by atoms with Crippen LogP contribution >= 0.6 is 11.8 Å². The van der Waals surface area contributed by atoms with Crippen LogP contribution in [0.25, 0.3) is 0 Å². The number of ether oxygens (including phenoxy) is 2. The van der Waals surface area contributed by atoms with Gasteiger partial charge in [-0.3, -0.25) is 0 Å². The zero-order valence-electron chi connectivity index (χ0n) is 19.1. The Morgan fingerprint density at radius 1 is 1.19 bits per heavy atom. The van der Waals surface area contributed by atoms with Crippen LogP contribution in [-0.4, -0.2) is 38.7 Å². The number of unbranched alkanes of at least 4 members (excludes halogenated alkanes) is 1. The summed E-state index contributed by atoms with van der Waals surface area (Å²) >= 11 is 1.63. The fourth-order valence-electron chi connectivity index (χ4n) is 3.35. The molecule has 1 atom stereocenters. The van der Waals surface area contributed by atoms with Crippen LogP contribution < -0.4 is 10.1 Å². The molecule has 31 heavy (non-hydrogen) atoms. The van der Waals surface area contributed by atoms with E-state index in [-0.39, 0.29) is 18.2 Å². The molecule has 2 aromatic rings. The lowest BCUT2D eigenvalue weighted by Gasteiger charge is -2.28. The minimum Gasteiger partial charge on any atom is -0.491 e. The second-order valence-corrected chi connectivity index (χ2v) is 9.18. The number of thioether (sulfide) groups is 1. The molecule has 0 saturated heterocycles. The van der Waals surface area contributed by atoms with Crippen LogP contribution in [0.3, 0.4) is 0 Å². The Bertz CT molecular complexity index is 935. The number of fused-ring (bicyclic) bond motifs is 1. The first-order chi connectivity index (χ1) is 14.8. The van der Waals surface area contributed by atoms with Crippen molar-refractivity contribution in [3.05, 3.63) is 41.1 Å². The van der Waals surface area contributed by atoms with Crippen LogP contribution in [0.1, 0.15) is 66.0 Å². The van der Waals surface area contributed by atoms with Crippen LogP contribution in [0.4, 0.5) is 5.95 Å². The molecule has 7 nitrogen and oxygen atoms in total. The number of rotatable bonds is 9. The van der Waals surface area contributed by atoms with Gasteiger partial charge in [-0.2, -0.15) is 4.98 Å². The predicted molar refractivity (Wildman–Crippen MR) is 124 cm³/mol. The normalized spacial score (nSPS) is 15.8. The standard InChI is InChI=1S/C23H32N4O3S/c1-7-8-13-31-23-25-22-24-16(6)19(21(28)30-15(4)5)20(27(22)26-23)17-9-11-18(12-10-17)29-14(2)3/h9-12,14-15,20H,7-8,13H2,1-6H3,(H,24,25,26). The van der Waals surface area contributed by atoms with E-state index in [4.69, 9.17) is 14.6 Å². The zero-order chi connectivity index (χ0) is 22.5. The number of hydrogen-bond donors (Lipinski definition) is 1. The summed E-state index contributed by atoms with van der Waals surface area (Å²) in [6.07, 6.45) is 2.10. The van der Waals surface area contributed by atoms with Gasteiger partial charge in [0.15, 0.2) is 0 Å². The van der Waals surface area contributed by atoms with Gasteiger partial charge in [-0.1, -0.05) is 37.2 Å². The summed E-state index contributed by atoms with van der Waals surface area (Å²) in [5.74, 6) is 2.02. The Morgan fingerprint density at radius 2 is 1.90 bits per heavy atom. The first kappa shape index (κ1) is 23.2. The van der Waals surface area contributed by atoms with Crippen LogP contribution in [0.2, 0.25) is 0 Å². The number of allylic oxidation sites excluding steroid dienone is 1. The number of carbonyl (C=O) groups excluding carboxylic acids is 1. The average molecular weight is 445 g/mol. The molecule has 1 aromatic heterocycles. The summed E-state index contributed by atoms with van der Waals surface area (Å²) in [4.78, 5) is 17.7. The number of nitrogens with zero attached hydrogens (tertiary/aromatic N) is 3. The summed E-state index contributed by atoms with van der Waals surface area (Å²) in [7, 11) is 0. The van der Waals surface area contributed by atoms with Crippen molar-refractivity contribution >= 4 is 23.7 Å². The Hall–Kier alpha value is -2.48. The maximum Gasteiger partial charge on any atom is 0.338 e. The lowest BCUT2D eigenvalue weighted by atomic mass is 9.95. The molecule has 3 rings (SSSR count). The maximum absolute atomic E-state index is 13.0. The van der Waals surface area contributed by atoms with Crippen molar-refractivity contribution in [3.8, 4) is 5.75 Å². The summed E-state index contributed by atoms with van der Waals surface area (Å²) in [5, 5.41) is 8.67. The summed E-state index contributed by atoms with van der Waals surface area (Å²) < 4.78 is 13.1. The number of esters is 1. The Kier molecular flexibility index (Phi) is 7.64. The van der Waals surface area contributed by atoms with E-state index in [1.54, 1.807) is 16.4 Å². The second kappa shape index (κ2) is 10.2.